The highest BCUT2D eigenvalue weighted by molar-refractivity contribution is 5.56. The van der Waals surface area contributed by atoms with Crippen LogP contribution in [0.2, 0.25) is 0 Å². The topological polar surface area (TPSA) is 90.7 Å². The van der Waals surface area contributed by atoms with Gasteiger partial charge in [-0.2, -0.15) is 10.4 Å². The Morgan fingerprint density at radius 3 is 2.42 bits per heavy atom. The Labute approximate surface area is 153 Å². The number of aromatic hydroxyl groups is 1. The lowest BCUT2D eigenvalue weighted by Crippen LogP contribution is -2.22. The van der Waals surface area contributed by atoms with Crippen molar-refractivity contribution in [1.82, 2.24) is 4.57 Å². The standard InChI is InChI=1S/C20H24N4O2/c1-4-5-6-7-12-24-19(25)17(13-21)15(3)18(20(24)26)23-22-16-10-8-14(2)9-11-16/h8-11,25H,4-7,12H2,1-3H3. The van der Waals surface area contributed by atoms with Gasteiger partial charge in [-0.1, -0.05) is 43.9 Å². The molecule has 0 aliphatic heterocycles. The van der Waals surface area contributed by atoms with E-state index < -0.39 is 5.56 Å². The number of aryl methyl sites for hydroxylation is 1. The van der Waals surface area contributed by atoms with E-state index in [1.165, 1.54) is 4.57 Å². The molecule has 0 atom stereocenters. The molecule has 1 N–H and O–H groups in total. The molecule has 0 spiro atoms. The first-order valence-electron chi connectivity index (χ1n) is 8.84. The lowest BCUT2D eigenvalue weighted by molar-refractivity contribution is 0.397. The summed E-state index contributed by atoms with van der Waals surface area (Å²) in [5.74, 6) is -0.291. The highest BCUT2D eigenvalue weighted by Gasteiger charge is 2.18. The molecule has 0 saturated heterocycles. The average molecular weight is 352 g/mol. The molecule has 0 aliphatic carbocycles. The van der Waals surface area contributed by atoms with Crippen LogP contribution < -0.4 is 5.56 Å². The van der Waals surface area contributed by atoms with Crippen LogP contribution in [0.5, 0.6) is 5.88 Å². The van der Waals surface area contributed by atoms with Gasteiger partial charge < -0.3 is 5.11 Å². The molecule has 6 nitrogen and oxygen atoms in total. The van der Waals surface area contributed by atoms with E-state index in [1.54, 1.807) is 6.92 Å². The van der Waals surface area contributed by atoms with E-state index in [-0.39, 0.29) is 17.1 Å². The van der Waals surface area contributed by atoms with Crippen LogP contribution in [0, 0.1) is 25.2 Å². The molecule has 6 heteroatoms. The summed E-state index contributed by atoms with van der Waals surface area (Å²) in [7, 11) is 0. The average Bonchev–Trinajstić information content (AvgIpc) is 2.63. The van der Waals surface area contributed by atoms with Gasteiger partial charge in [0.05, 0.1) is 5.69 Å². The SMILES string of the molecule is CCCCCCn1c(O)c(C#N)c(C)c(N=Nc2ccc(C)cc2)c1=O. The van der Waals surface area contributed by atoms with E-state index in [0.29, 0.717) is 17.8 Å². The molecule has 0 saturated carbocycles. The smallest absolute Gasteiger partial charge is 0.281 e. The zero-order chi connectivity index (χ0) is 19.1. The van der Waals surface area contributed by atoms with Crippen molar-refractivity contribution in [3.8, 4) is 11.9 Å². The number of aromatic nitrogens is 1. The van der Waals surface area contributed by atoms with Crippen molar-refractivity contribution in [1.29, 1.82) is 5.26 Å². The van der Waals surface area contributed by atoms with Crippen molar-refractivity contribution in [2.75, 3.05) is 0 Å². The molecule has 1 heterocycles. The number of nitriles is 1. The van der Waals surface area contributed by atoms with Crippen LogP contribution in [-0.4, -0.2) is 9.67 Å². The van der Waals surface area contributed by atoms with Crippen LogP contribution in [0.4, 0.5) is 11.4 Å². The monoisotopic (exact) mass is 352 g/mol. The van der Waals surface area contributed by atoms with Gasteiger partial charge in [0.2, 0.25) is 5.88 Å². The lowest BCUT2D eigenvalue weighted by Gasteiger charge is -2.12. The number of benzene rings is 1. The molecule has 0 fully saturated rings. The van der Waals surface area contributed by atoms with Gasteiger partial charge in [-0.05, 0) is 32.4 Å². The molecule has 1 aromatic carbocycles. The van der Waals surface area contributed by atoms with E-state index in [4.69, 9.17) is 0 Å². The van der Waals surface area contributed by atoms with Crippen LogP contribution in [0.15, 0.2) is 39.3 Å². The minimum Gasteiger partial charge on any atom is -0.493 e. The van der Waals surface area contributed by atoms with E-state index >= 15 is 0 Å². The molecule has 0 unspecified atom stereocenters. The van der Waals surface area contributed by atoms with Crippen molar-refractivity contribution in [3.05, 3.63) is 51.3 Å². The van der Waals surface area contributed by atoms with E-state index in [9.17, 15) is 15.2 Å². The molecule has 0 amide bonds. The Kier molecular flexibility index (Phi) is 6.67. The first-order chi connectivity index (χ1) is 12.5. The summed E-state index contributed by atoms with van der Waals surface area (Å²) < 4.78 is 1.23. The summed E-state index contributed by atoms with van der Waals surface area (Å²) >= 11 is 0. The maximum Gasteiger partial charge on any atom is 0.281 e. The van der Waals surface area contributed by atoms with Crippen molar-refractivity contribution in [2.45, 2.75) is 53.0 Å². The van der Waals surface area contributed by atoms with Gasteiger partial charge in [-0.15, -0.1) is 5.11 Å². The highest BCUT2D eigenvalue weighted by Crippen LogP contribution is 2.27. The number of nitrogens with zero attached hydrogens (tertiary/aromatic N) is 4. The molecule has 26 heavy (non-hydrogen) atoms. The van der Waals surface area contributed by atoms with Crippen LogP contribution in [0.1, 0.15) is 49.3 Å². The van der Waals surface area contributed by atoms with Crippen LogP contribution >= 0.6 is 0 Å². The van der Waals surface area contributed by atoms with E-state index in [0.717, 1.165) is 31.2 Å². The summed E-state index contributed by atoms with van der Waals surface area (Å²) in [6, 6.07) is 9.40. The first-order valence-corrected chi connectivity index (χ1v) is 8.84. The molecular formula is C20H24N4O2. The molecule has 2 rings (SSSR count). The maximum atomic E-state index is 12.8. The Balaban J connectivity index is 2.43. The fourth-order valence-corrected chi connectivity index (χ4v) is 2.68. The van der Waals surface area contributed by atoms with Gasteiger partial charge in [0.25, 0.3) is 5.56 Å². The maximum absolute atomic E-state index is 12.8. The second-order valence-corrected chi connectivity index (χ2v) is 6.34. The molecule has 0 bridgehead atoms. The molecule has 1 aromatic heterocycles. The number of hydrogen-bond acceptors (Lipinski definition) is 5. The normalized spacial score (nSPS) is 11.0. The summed E-state index contributed by atoms with van der Waals surface area (Å²) in [6.07, 6.45) is 3.85. The number of pyridine rings is 1. The second kappa shape index (κ2) is 8.95. The van der Waals surface area contributed by atoms with E-state index in [2.05, 4.69) is 17.2 Å². The molecule has 0 radical (unpaired) electrons. The van der Waals surface area contributed by atoms with Gasteiger partial charge in [-0.3, -0.25) is 9.36 Å². The van der Waals surface area contributed by atoms with Crippen molar-refractivity contribution in [2.24, 2.45) is 10.2 Å². The molecule has 0 aliphatic rings. The zero-order valence-corrected chi connectivity index (χ0v) is 15.5. The van der Waals surface area contributed by atoms with Crippen molar-refractivity contribution in [3.63, 3.8) is 0 Å². The predicted octanol–water partition coefficient (Wildman–Crippen LogP) is 5.04. The first kappa shape index (κ1) is 19.4. The third-order valence-electron chi connectivity index (χ3n) is 4.30. The minimum atomic E-state index is -0.425. The van der Waals surface area contributed by atoms with Crippen LogP contribution in [0.25, 0.3) is 0 Å². The summed E-state index contributed by atoms with van der Waals surface area (Å²) in [6.45, 7) is 6.03. The van der Waals surface area contributed by atoms with Crippen molar-refractivity contribution >= 4 is 11.4 Å². The second-order valence-electron chi connectivity index (χ2n) is 6.34. The van der Waals surface area contributed by atoms with Gasteiger partial charge in [-0.25, -0.2) is 0 Å². The quantitative estimate of drug-likeness (QED) is 0.559. The zero-order valence-electron chi connectivity index (χ0n) is 15.5. The number of azo groups is 1. The van der Waals surface area contributed by atoms with Crippen LogP contribution in [-0.2, 0) is 6.54 Å². The predicted molar refractivity (Wildman–Crippen MR) is 101 cm³/mol. The Hall–Kier alpha value is -2.94. The highest BCUT2D eigenvalue weighted by atomic mass is 16.3. The van der Waals surface area contributed by atoms with Gasteiger partial charge in [0, 0.05) is 12.1 Å². The van der Waals surface area contributed by atoms with Crippen molar-refractivity contribution < 1.29 is 5.11 Å². The molecule has 2 aromatic rings. The lowest BCUT2D eigenvalue weighted by atomic mass is 10.1. The van der Waals surface area contributed by atoms with Gasteiger partial charge in [0.1, 0.15) is 11.6 Å². The number of rotatable bonds is 7. The Bertz CT molecular complexity index is 890. The largest absolute Gasteiger partial charge is 0.493 e. The Morgan fingerprint density at radius 1 is 1.12 bits per heavy atom. The third-order valence-corrected chi connectivity index (χ3v) is 4.30. The fraction of sp³-hybridized carbons (Fsp3) is 0.400. The minimum absolute atomic E-state index is 0.0675. The fourth-order valence-electron chi connectivity index (χ4n) is 2.68. The Morgan fingerprint density at radius 2 is 1.81 bits per heavy atom. The number of unbranched alkanes of at least 4 members (excludes halogenated alkanes) is 3. The summed E-state index contributed by atoms with van der Waals surface area (Å²) in [5.41, 5.74) is 1.80. The van der Waals surface area contributed by atoms with Gasteiger partial charge in [0.15, 0.2) is 5.69 Å². The molecular weight excluding hydrogens is 328 g/mol. The molecule has 136 valence electrons. The summed E-state index contributed by atoms with van der Waals surface area (Å²) in [4.78, 5) is 12.8. The third kappa shape index (κ3) is 4.37. The summed E-state index contributed by atoms with van der Waals surface area (Å²) in [5, 5.41) is 27.9. The number of hydrogen-bond donors (Lipinski definition) is 1. The van der Waals surface area contributed by atoms with E-state index in [1.807, 2.05) is 37.3 Å². The van der Waals surface area contributed by atoms with Gasteiger partial charge >= 0.3 is 0 Å². The van der Waals surface area contributed by atoms with Crippen LogP contribution in [0.3, 0.4) is 0 Å².